The minimum absolute atomic E-state index is 0.0767. The van der Waals surface area contributed by atoms with Crippen LogP contribution in [0, 0.1) is 11.8 Å². The highest BCUT2D eigenvalue weighted by Crippen LogP contribution is 2.42. The third kappa shape index (κ3) is 2.62. The van der Waals surface area contributed by atoms with Gasteiger partial charge in [-0.25, -0.2) is 0 Å². The van der Waals surface area contributed by atoms with Crippen molar-refractivity contribution in [1.82, 2.24) is 5.32 Å². The molecule has 2 unspecified atom stereocenters. The molecular weight excluding hydrogens is 220 g/mol. The molecule has 0 aromatic carbocycles. The third-order valence-electron chi connectivity index (χ3n) is 3.04. The van der Waals surface area contributed by atoms with Crippen LogP contribution in [0.5, 0.6) is 0 Å². The molecule has 0 aliphatic heterocycles. The maximum atomic E-state index is 11.8. The monoisotopic (exact) mass is 238 g/mol. The summed E-state index contributed by atoms with van der Waals surface area (Å²) in [6.07, 6.45) is 2.44. The van der Waals surface area contributed by atoms with Crippen molar-refractivity contribution in [2.24, 2.45) is 17.6 Å². The second-order valence-corrected chi connectivity index (χ2v) is 5.46. The Kier molecular flexibility index (Phi) is 3.61. The molecule has 88 valence electrons. The van der Waals surface area contributed by atoms with Gasteiger partial charge < -0.3 is 11.1 Å². The fourth-order valence-corrected chi connectivity index (χ4v) is 2.59. The van der Waals surface area contributed by atoms with E-state index in [1.54, 1.807) is 11.3 Å². The summed E-state index contributed by atoms with van der Waals surface area (Å²) in [4.78, 5) is 13.1. The van der Waals surface area contributed by atoms with Crippen LogP contribution < -0.4 is 11.1 Å². The summed E-state index contributed by atoms with van der Waals surface area (Å²) in [5, 5.41) is 5.18. The minimum Gasteiger partial charge on any atom is -0.348 e. The van der Waals surface area contributed by atoms with Crippen LogP contribution >= 0.6 is 11.3 Å². The van der Waals surface area contributed by atoms with E-state index in [1.165, 1.54) is 17.7 Å². The molecule has 2 rings (SSSR count). The fraction of sp³-hybridized carbons (Fsp3) is 0.583. The zero-order valence-corrected chi connectivity index (χ0v) is 10.3. The van der Waals surface area contributed by atoms with E-state index in [9.17, 15) is 4.79 Å². The normalized spacial score (nSPS) is 19.1. The molecule has 2 atom stereocenters. The molecule has 1 amide bonds. The average Bonchev–Trinajstić information content (AvgIpc) is 2.99. The van der Waals surface area contributed by atoms with Crippen LogP contribution in [0.25, 0.3) is 0 Å². The van der Waals surface area contributed by atoms with Crippen molar-refractivity contribution in [1.29, 1.82) is 0 Å². The Morgan fingerprint density at radius 3 is 2.94 bits per heavy atom. The quantitative estimate of drug-likeness (QED) is 0.823. The summed E-state index contributed by atoms with van der Waals surface area (Å²) in [6.45, 7) is 2.28. The third-order valence-corrected chi connectivity index (χ3v) is 4.00. The molecule has 3 N–H and O–H groups in total. The first-order valence-electron chi connectivity index (χ1n) is 5.76. The van der Waals surface area contributed by atoms with Crippen LogP contribution in [0.1, 0.15) is 30.7 Å². The summed E-state index contributed by atoms with van der Waals surface area (Å²) >= 11 is 1.71. The molecule has 1 aromatic heterocycles. The molecule has 0 spiro atoms. The van der Waals surface area contributed by atoms with Gasteiger partial charge in [-0.05, 0) is 30.2 Å². The lowest BCUT2D eigenvalue weighted by atomic mass is 10.1. The SMILES string of the molecule is CC(CN)C(=O)NC(c1cccs1)C1CC1. The van der Waals surface area contributed by atoms with Gasteiger partial charge in [0.2, 0.25) is 5.91 Å². The van der Waals surface area contributed by atoms with Gasteiger partial charge in [-0.3, -0.25) is 4.79 Å². The van der Waals surface area contributed by atoms with Crippen LogP contribution in [0.3, 0.4) is 0 Å². The summed E-state index contributed by atoms with van der Waals surface area (Å²) in [7, 11) is 0. The predicted molar refractivity (Wildman–Crippen MR) is 66.1 cm³/mol. The van der Waals surface area contributed by atoms with Crippen LogP contribution in [0.4, 0.5) is 0 Å². The number of hydrogen-bond donors (Lipinski definition) is 2. The highest BCUT2D eigenvalue weighted by atomic mass is 32.1. The molecule has 3 nitrogen and oxygen atoms in total. The Hall–Kier alpha value is -0.870. The number of carbonyl (C=O) groups is 1. The van der Waals surface area contributed by atoms with Crippen molar-refractivity contribution in [3.63, 3.8) is 0 Å². The van der Waals surface area contributed by atoms with Crippen LogP contribution in [-0.2, 0) is 4.79 Å². The standard InChI is InChI=1S/C12H18N2OS/c1-8(7-13)12(15)14-11(9-4-5-9)10-3-2-6-16-10/h2-3,6,8-9,11H,4-5,7,13H2,1H3,(H,14,15). The van der Waals surface area contributed by atoms with E-state index in [4.69, 9.17) is 5.73 Å². The van der Waals surface area contributed by atoms with Gasteiger partial charge in [0.1, 0.15) is 0 Å². The maximum absolute atomic E-state index is 11.8. The first kappa shape index (κ1) is 11.6. The molecule has 0 bridgehead atoms. The van der Waals surface area contributed by atoms with Crippen LogP contribution in [-0.4, -0.2) is 12.5 Å². The predicted octanol–water partition coefficient (Wildman–Crippen LogP) is 1.91. The van der Waals surface area contributed by atoms with E-state index < -0.39 is 0 Å². The van der Waals surface area contributed by atoms with E-state index in [-0.39, 0.29) is 17.9 Å². The van der Waals surface area contributed by atoms with Gasteiger partial charge in [0.05, 0.1) is 6.04 Å². The first-order chi connectivity index (χ1) is 7.72. The van der Waals surface area contributed by atoms with E-state index in [2.05, 4.69) is 16.8 Å². The lowest BCUT2D eigenvalue weighted by Crippen LogP contribution is -2.36. The van der Waals surface area contributed by atoms with Gasteiger partial charge in [-0.15, -0.1) is 11.3 Å². The zero-order chi connectivity index (χ0) is 11.5. The highest BCUT2D eigenvalue weighted by Gasteiger charge is 2.34. The summed E-state index contributed by atoms with van der Waals surface area (Å²) in [6, 6.07) is 4.34. The Morgan fingerprint density at radius 1 is 1.69 bits per heavy atom. The maximum Gasteiger partial charge on any atom is 0.224 e. The lowest BCUT2D eigenvalue weighted by Gasteiger charge is -2.19. The molecule has 1 heterocycles. The van der Waals surface area contributed by atoms with Crippen molar-refractivity contribution in [3.8, 4) is 0 Å². The Balaban J connectivity index is 2.01. The Bertz CT molecular complexity index is 346. The summed E-state index contributed by atoms with van der Waals surface area (Å²) in [5.74, 6) is 0.613. The Morgan fingerprint density at radius 2 is 2.44 bits per heavy atom. The largest absolute Gasteiger partial charge is 0.348 e. The number of thiophene rings is 1. The van der Waals surface area contributed by atoms with Crippen molar-refractivity contribution < 1.29 is 4.79 Å². The lowest BCUT2D eigenvalue weighted by molar-refractivity contribution is -0.125. The number of carbonyl (C=O) groups excluding carboxylic acids is 1. The van der Waals surface area contributed by atoms with E-state index in [0.29, 0.717) is 12.5 Å². The molecule has 16 heavy (non-hydrogen) atoms. The molecule has 1 aliphatic carbocycles. The number of nitrogens with two attached hydrogens (primary N) is 1. The fourth-order valence-electron chi connectivity index (χ4n) is 1.72. The van der Waals surface area contributed by atoms with Gasteiger partial charge in [-0.1, -0.05) is 13.0 Å². The van der Waals surface area contributed by atoms with Gasteiger partial charge in [0.25, 0.3) is 0 Å². The van der Waals surface area contributed by atoms with Crippen molar-refractivity contribution >= 4 is 17.2 Å². The molecule has 0 radical (unpaired) electrons. The molecule has 1 aliphatic rings. The van der Waals surface area contributed by atoms with Crippen molar-refractivity contribution in [2.45, 2.75) is 25.8 Å². The summed E-state index contributed by atoms with van der Waals surface area (Å²) < 4.78 is 0. The molecule has 1 saturated carbocycles. The molecule has 0 saturated heterocycles. The van der Waals surface area contributed by atoms with E-state index >= 15 is 0 Å². The van der Waals surface area contributed by atoms with Gasteiger partial charge in [-0.2, -0.15) is 0 Å². The average molecular weight is 238 g/mol. The zero-order valence-electron chi connectivity index (χ0n) is 9.48. The second-order valence-electron chi connectivity index (χ2n) is 4.48. The van der Waals surface area contributed by atoms with Crippen LogP contribution in [0.15, 0.2) is 17.5 Å². The second kappa shape index (κ2) is 4.97. The molecular formula is C12H18N2OS. The number of hydrogen-bond acceptors (Lipinski definition) is 3. The molecule has 1 fully saturated rings. The Labute approximate surface area is 100 Å². The van der Waals surface area contributed by atoms with Gasteiger partial charge in [0, 0.05) is 17.3 Å². The van der Waals surface area contributed by atoms with E-state index in [0.717, 1.165) is 0 Å². The van der Waals surface area contributed by atoms with E-state index in [1.807, 2.05) is 13.0 Å². The van der Waals surface area contributed by atoms with Crippen molar-refractivity contribution in [2.75, 3.05) is 6.54 Å². The van der Waals surface area contributed by atoms with Gasteiger partial charge >= 0.3 is 0 Å². The molecule has 1 aromatic rings. The summed E-state index contributed by atoms with van der Waals surface area (Å²) in [5.41, 5.74) is 5.50. The number of nitrogens with one attached hydrogen (secondary N) is 1. The topological polar surface area (TPSA) is 55.1 Å². The number of rotatable bonds is 5. The highest BCUT2D eigenvalue weighted by molar-refractivity contribution is 7.10. The first-order valence-corrected chi connectivity index (χ1v) is 6.64. The molecule has 4 heteroatoms. The van der Waals surface area contributed by atoms with Gasteiger partial charge in [0.15, 0.2) is 0 Å². The smallest absolute Gasteiger partial charge is 0.224 e. The van der Waals surface area contributed by atoms with Crippen LogP contribution in [0.2, 0.25) is 0 Å². The minimum atomic E-state index is -0.0961. The number of amides is 1. The van der Waals surface area contributed by atoms with Crippen molar-refractivity contribution in [3.05, 3.63) is 22.4 Å².